The Labute approximate surface area is 277 Å². The molecule has 6 rings (SSSR count). The Hall–Kier alpha value is -4.81. The minimum Gasteiger partial charge on any atom is -0.493 e. The number of rotatable bonds is 12. The quantitative estimate of drug-likeness (QED) is 0.163. The van der Waals surface area contributed by atoms with Gasteiger partial charge in [0.25, 0.3) is 0 Å². The molecule has 1 aromatic heterocycles. The van der Waals surface area contributed by atoms with Crippen molar-refractivity contribution in [3.8, 4) is 23.0 Å². The Morgan fingerprint density at radius 2 is 1.58 bits per heavy atom. The van der Waals surface area contributed by atoms with Crippen LogP contribution in [0.5, 0.6) is 23.0 Å². The lowest BCUT2D eigenvalue weighted by Gasteiger charge is -2.27. The lowest BCUT2D eigenvalue weighted by Crippen LogP contribution is -2.43. The highest BCUT2D eigenvalue weighted by Crippen LogP contribution is 2.59. The lowest BCUT2D eigenvalue weighted by molar-refractivity contribution is -0.122. The minimum absolute atomic E-state index is 0.0454. The first-order chi connectivity index (χ1) is 23.1. The van der Waals surface area contributed by atoms with Crippen molar-refractivity contribution in [3.05, 3.63) is 78.5 Å². The van der Waals surface area contributed by atoms with E-state index < -0.39 is 34.8 Å². The van der Waals surface area contributed by atoms with E-state index in [1.807, 2.05) is 13.8 Å². The van der Waals surface area contributed by atoms with Gasteiger partial charge in [-0.05, 0) is 60.4 Å². The van der Waals surface area contributed by atoms with Crippen molar-refractivity contribution < 1.29 is 32.6 Å². The van der Waals surface area contributed by atoms with E-state index in [1.54, 1.807) is 31.5 Å². The van der Waals surface area contributed by atoms with Crippen LogP contribution in [0.4, 0.5) is 20.2 Å². The molecule has 2 fully saturated rings. The predicted molar refractivity (Wildman–Crippen MR) is 179 cm³/mol. The van der Waals surface area contributed by atoms with E-state index in [2.05, 4.69) is 25.8 Å². The Bertz CT molecular complexity index is 1800. The van der Waals surface area contributed by atoms with Crippen LogP contribution in [-0.4, -0.2) is 68.1 Å². The molecule has 1 aliphatic heterocycles. The third kappa shape index (κ3) is 7.34. The second-order valence-corrected chi connectivity index (χ2v) is 12.6. The number of benzene rings is 3. The molecule has 1 saturated carbocycles. The molecule has 252 valence electrons. The molecule has 12 heteroatoms. The molecule has 3 N–H and O–H groups in total. The number of fused-ring (bicyclic) bond motifs is 1. The monoisotopic (exact) mass is 659 g/mol. The zero-order chi connectivity index (χ0) is 33.8. The van der Waals surface area contributed by atoms with Gasteiger partial charge in [0.1, 0.15) is 11.6 Å². The van der Waals surface area contributed by atoms with Crippen LogP contribution in [0.15, 0.2) is 66.9 Å². The third-order valence-corrected chi connectivity index (χ3v) is 9.00. The number of nitrogens with one attached hydrogen (secondary N) is 3. The first-order valence-electron chi connectivity index (χ1n) is 16.0. The number of pyridine rings is 1. The number of hydrogen-bond donors (Lipinski definition) is 3. The molecule has 4 aromatic rings. The Morgan fingerprint density at radius 1 is 0.896 bits per heavy atom. The summed E-state index contributed by atoms with van der Waals surface area (Å²) < 4.78 is 46.2. The number of carbonyl (C=O) groups excluding carboxylic acids is 2. The second kappa shape index (κ2) is 14.1. The van der Waals surface area contributed by atoms with E-state index in [1.165, 1.54) is 42.5 Å². The highest BCUT2D eigenvalue weighted by Gasteiger charge is 2.65. The smallest absolute Gasteiger partial charge is 0.228 e. The van der Waals surface area contributed by atoms with Gasteiger partial charge in [0, 0.05) is 67.8 Å². The van der Waals surface area contributed by atoms with Gasteiger partial charge in [0.15, 0.2) is 23.1 Å². The van der Waals surface area contributed by atoms with E-state index in [0.29, 0.717) is 40.4 Å². The van der Waals surface area contributed by atoms with E-state index in [-0.39, 0.29) is 17.3 Å². The highest BCUT2D eigenvalue weighted by atomic mass is 19.1. The lowest BCUT2D eigenvalue weighted by atomic mass is 10.1. The summed E-state index contributed by atoms with van der Waals surface area (Å²) in [5, 5.41) is 9.43. The van der Waals surface area contributed by atoms with Gasteiger partial charge in [0.2, 0.25) is 11.8 Å². The zero-order valence-electron chi connectivity index (χ0n) is 27.1. The molecule has 0 unspecified atom stereocenters. The van der Waals surface area contributed by atoms with Crippen molar-refractivity contribution in [2.24, 2.45) is 17.3 Å². The van der Waals surface area contributed by atoms with Crippen molar-refractivity contribution >= 4 is 34.1 Å². The average molecular weight is 660 g/mol. The molecule has 2 amide bonds. The Morgan fingerprint density at radius 3 is 2.27 bits per heavy atom. The predicted octanol–water partition coefficient (Wildman–Crippen LogP) is 5.84. The summed E-state index contributed by atoms with van der Waals surface area (Å²) in [6, 6.07) is 14.7. The molecule has 1 saturated heterocycles. The van der Waals surface area contributed by atoms with E-state index in [0.717, 1.165) is 39.1 Å². The molecule has 0 radical (unpaired) electrons. The molecule has 0 spiro atoms. The maximum absolute atomic E-state index is 15.3. The molecule has 10 nitrogen and oxygen atoms in total. The van der Waals surface area contributed by atoms with Crippen LogP contribution in [0.3, 0.4) is 0 Å². The summed E-state index contributed by atoms with van der Waals surface area (Å²) in [7, 11) is 1.56. The van der Waals surface area contributed by atoms with Gasteiger partial charge < -0.3 is 35.1 Å². The van der Waals surface area contributed by atoms with Gasteiger partial charge in [-0.3, -0.25) is 14.6 Å². The summed E-state index contributed by atoms with van der Waals surface area (Å²) in [4.78, 5) is 32.9. The first kappa shape index (κ1) is 33.1. The van der Waals surface area contributed by atoms with Gasteiger partial charge >= 0.3 is 0 Å². The maximum atomic E-state index is 15.3. The van der Waals surface area contributed by atoms with Crippen LogP contribution < -0.4 is 30.2 Å². The molecule has 3 aromatic carbocycles. The number of hydrogen-bond acceptors (Lipinski definition) is 8. The summed E-state index contributed by atoms with van der Waals surface area (Å²) in [6.07, 6.45) is 2.45. The number of piperazine rings is 1. The zero-order valence-corrected chi connectivity index (χ0v) is 27.1. The summed E-state index contributed by atoms with van der Waals surface area (Å²) in [6.45, 7) is 9.19. The summed E-state index contributed by atoms with van der Waals surface area (Å²) >= 11 is 0. The van der Waals surface area contributed by atoms with Crippen LogP contribution in [0.1, 0.15) is 20.3 Å². The van der Waals surface area contributed by atoms with Crippen LogP contribution in [0.25, 0.3) is 10.9 Å². The molecular weight excluding hydrogens is 620 g/mol. The normalized spacial score (nSPS) is 18.6. The fourth-order valence-corrected chi connectivity index (χ4v) is 6.26. The number of nitrogens with zero attached hydrogens (tertiary/aromatic N) is 2. The average Bonchev–Trinajstić information content (AvgIpc) is 3.67. The van der Waals surface area contributed by atoms with Crippen molar-refractivity contribution in [3.63, 3.8) is 0 Å². The standard InChI is InChI=1S/C36H39F2N5O5/c1-36(2)32(34(44)41-23-7-5-22(37)6-8-23)33(36)35(45)42-24-9-10-29(26(38)19-24)48-28-11-12-40-27-21-31(30(46-3)20-25(27)28)47-18-4-15-43-16-13-39-14-17-43/h5-12,19-21,32-33,39H,4,13-18H2,1-3H3,(H,41,44)(H,42,45)/t32-,33+/m0/s1. The number of carbonyl (C=O) groups is 2. The van der Waals surface area contributed by atoms with Gasteiger partial charge in [-0.15, -0.1) is 0 Å². The Balaban J connectivity index is 1.09. The van der Waals surface area contributed by atoms with Gasteiger partial charge in [-0.1, -0.05) is 13.8 Å². The number of halogens is 2. The van der Waals surface area contributed by atoms with Gasteiger partial charge in [0.05, 0.1) is 31.1 Å². The Kier molecular flexibility index (Phi) is 9.74. The van der Waals surface area contributed by atoms with Crippen LogP contribution >= 0.6 is 0 Å². The van der Waals surface area contributed by atoms with Crippen LogP contribution in [0.2, 0.25) is 0 Å². The molecule has 2 atom stereocenters. The minimum atomic E-state index is -0.685. The second-order valence-electron chi connectivity index (χ2n) is 12.6. The summed E-state index contributed by atoms with van der Waals surface area (Å²) in [5.74, 6) is -1.68. The van der Waals surface area contributed by atoms with Crippen LogP contribution in [-0.2, 0) is 9.59 Å². The number of anilines is 2. The third-order valence-electron chi connectivity index (χ3n) is 9.00. The molecule has 1 aliphatic carbocycles. The fraction of sp³-hybridized carbons (Fsp3) is 0.361. The maximum Gasteiger partial charge on any atom is 0.228 e. The van der Waals surface area contributed by atoms with Crippen molar-refractivity contribution in [2.45, 2.75) is 20.3 Å². The van der Waals surface area contributed by atoms with Crippen molar-refractivity contribution in [1.29, 1.82) is 0 Å². The number of methoxy groups -OCH3 is 1. The van der Waals surface area contributed by atoms with Gasteiger partial charge in [-0.2, -0.15) is 0 Å². The fourth-order valence-electron chi connectivity index (χ4n) is 6.26. The molecule has 48 heavy (non-hydrogen) atoms. The molecular formula is C36H39F2N5O5. The SMILES string of the molecule is COc1cc2c(Oc3ccc(NC(=O)[C@H]4[C@@H](C(=O)Nc5ccc(F)cc5)C4(C)C)cc3F)ccnc2cc1OCCCN1CCNCC1. The summed E-state index contributed by atoms with van der Waals surface area (Å²) in [5.41, 5.74) is 0.645. The van der Waals surface area contributed by atoms with E-state index in [9.17, 15) is 14.0 Å². The van der Waals surface area contributed by atoms with Crippen LogP contribution in [0, 0.1) is 28.9 Å². The first-order valence-corrected chi connectivity index (χ1v) is 16.0. The number of aromatic nitrogens is 1. The molecule has 2 aliphatic rings. The number of ether oxygens (including phenoxy) is 3. The number of amides is 2. The topological polar surface area (TPSA) is 114 Å². The van der Waals surface area contributed by atoms with Crippen molar-refractivity contribution in [1.82, 2.24) is 15.2 Å². The van der Waals surface area contributed by atoms with E-state index in [4.69, 9.17) is 14.2 Å². The van der Waals surface area contributed by atoms with E-state index >= 15 is 4.39 Å². The highest BCUT2D eigenvalue weighted by molar-refractivity contribution is 6.04. The van der Waals surface area contributed by atoms with Crippen molar-refractivity contribution in [2.75, 3.05) is 57.1 Å². The van der Waals surface area contributed by atoms with Gasteiger partial charge in [-0.25, -0.2) is 8.78 Å². The molecule has 0 bridgehead atoms. The molecule has 2 heterocycles. The largest absolute Gasteiger partial charge is 0.493 e.